The van der Waals surface area contributed by atoms with Crippen LogP contribution in [0.2, 0.25) is 14.8 Å². The molecule has 0 bridgehead atoms. The van der Waals surface area contributed by atoms with Crippen molar-refractivity contribution >= 4 is 37.8 Å². The molecule has 2 aromatic rings. The van der Waals surface area contributed by atoms with E-state index in [0.717, 1.165) is 11.6 Å². The van der Waals surface area contributed by atoms with Crippen LogP contribution in [0.1, 0.15) is 12.0 Å². The van der Waals surface area contributed by atoms with E-state index >= 15 is 0 Å². The van der Waals surface area contributed by atoms with E-state index in [2.05, 4.69) is 32.3 Å². The average Bonchev–Trinajstić information content (AvgIpc) is 2.63. The van der Waals surface area contributed by atoms with Crippen molar-refractivity contribution in [3.05, 3.63) is 59.9 Å². The molecule has 0 fully saturated rings. The van der Waals surface area contributed by atoms with Gasteiger partial charge < -0.3 is 0 Å². The molecule has 0 amide bonds. The summed E-state index contributed by atoms with van der Waals surface area (Å²) in [5.41, 5.74) is 0.927. The zero-order valence-corrected chi connectivity index (χ0v) is 20.7. The van der Waals surface area contributed by atoms with Crippen LogP contribution in [-0.2, 0) is 21.1 Å². The summed E-state index contributed by atoms with van der Waals surface area (Å²) in [7, 11) is -3.60. The number of rotatable bonds is 10. The third kappa shape index (κ3) is 7.38. The predicted octanol–water partition coefficient (Wildman–Crippen LogP) is 2.82. The summed E-state index contributed by atoms with van der Waals surface area (Å²) < 4.78 is 39.1. The Balaban J connectivity index is 1.90. The van der Waals surface area contributed by atoms with Crippen LogP contribution in [0.15, 0.2) is 53.4 Å². The summed E-state index contributed by atoms with van der Waals surface area (Å²) in [6, 6.07) is 12.2. The van der Waals surface area contributed by atoms with E-state index in [0.29, 0.717) is 6.42 Å². The van der Waals surface area contributed by atoms with Crippen molar-refractivity contribution in [3.63, 3.8) is 0 Å². The van der Waals surface area contributed by atoms with Crippen LogP contribution >= 0.6 is 0 Å². The molecule has 1 atom stereocenters. The first-order valence-corrected chi connectivity index (χ1v) is 21.2. The van der Waals surface area contributed by atoms with Gasteiger partial charge in [0.15, 0.2) is 0 Å². The number of carbonyl (C=O) groups is 1. The van der Waals surface area contributed by atoms with E-state index in [4.69, 9.17) is 0 Å². The molecule has 0 heterocycles. The zero-order chi connectivity index (χ0) is 21.7. The van der Waals surface area contributed by atoms with Gasteiger partial charge in [0.2, 0.25) is 0 Å². The molecule has 0 radical (unpaired) electrons. The number of hydrogen-bond donors (Lipinski definition) is 2. The predicted molar refractivity (Wildman–Crippen MR) is 116 cm³/mol. The Hall–Kier alpha value is -1.45. The van der Waals surface area contributed by atoms with Crippen molar-refractivity contribution in [1.82, 2.24) is 5.32 Å². The molecule has 158 valence electrons. The van der Waals surface area contributed by atoms with Crippen LogP contribution in [0.5, 0.6) is 0 Å². The minimum atomic E-state index is -3.60. The number of hydrogen-bond acceptors (Lipinski definition) is 4. The quantitative estimate of drug-likeness (QED) is 0.366. The summed E-state index contributed by atoms with van der Waals surface area (Å²) in [6.07, 6.45) is 0.561. The number of sulfone groups is 1. The van der Waals surface area contributed by atoms with Gasteiger partial charge in [-0.3, -0.25) is 0 Å². The van der Waals surface area contributed by atoms with Gasteiger partial charge in [0.1, 0.15) is 5.82 Å². The molecule has 0 saturated carbocycles. The Morgan fingerprint density at radius 1 is 1.14 bits per heavy atom. The number of nitrogens with one attached hydrogen (secondary N) is 1. The number of benzene rings is 2. The van der Waals surface area contributed by atoms with Crippen LogP contribution in [0.25, 0.3) is 0 Å². The Morgan fingerprint density at radius 3 is 2.34 bits per heavy atom. The number of carboxylic acids is 1. The molecule has 0 saturated heterocycles. The van der Waals surface area contributed by atoms with Gasteiger partial charge in [0.05, 0.1) is 0 Å². The molecule has 2 N–H and O–H groups in total. The monoisotopic (exact) mass is 529 g/mol. The van der Waals surface area contributed by atoms with Gasteiger partial charge in [-0.1, -0.05) is 6.07 Å². The van der Waals surface area contributed by atoms with Crippen molar-refractivity contribution in [2.24, 2.45) is 0 Å². The summed E-state index contributed by atoms with van der Waals surface area (Å²) in [6.45, 7) is 0.238. The zero-order valence-electron chi connectivity index (χ0n) is 17.0. The van der Waals surface area contributed by atoms with Crippen LogP contribution in [-0.4, -0.2) is 56.2 Å². The van der Waals surface area contributed by atoms with Gasteiger partial charge in [-0.2, -0.15) is 0 Å². The van der Waals surface area contributed by atoms with Crippen molar-refractivity contribution < 1.29 is 22.7 Å². The summed E-state index contributed by atoms with van der Waals surface area (Å²) >= 11 is -2.14. The molecule has 0 aliphatic rings. The molecule has 29 heavy (non-hydrogen) atoms. The molecule has 0 aliphatic carbocycles. The molecule has 8 heteroatoms. The van der Waals surface area contributed by atoms with Crippen molar-refractivity contribution in [3.8, 4) is 0 Å². The maximum absolute atomic E-state index is 13.2. The molecule has 0 aromatic heterocycles. The normalized spacial score (nSPS) is 13.2. The third-order valence-electron chi connectivity index (χ3n) is 4.69. The molecule has 0 unspecified atom stereocenters. The fourth-order valence-electron chi connectivity index (χ4n) is 2.94. The second kappa shape index (κ2) is 10.0. The van der Waals surface area contributed by atoms with Gasteiger partial charge in [-0.25, -0.2) is 4.39 Å². The third-order valence-corrected chi connectivity index (χ3v) is 12.4. The molecule has 2 aromatic carbocycles. The van der Waals surface area contributed by atoms with E-state index in [1.54, 1.807) is 0 Å². The van der Waals surface area contributed by atoms with E-state index in [9.17, 15) is 22.7 Å². The van der Waals surface area contributed by atoms with Crippen LogP contribution < -0.4 is 8.90 Å². The van der Waals surface area contributed by atoms with Crippen molar-refractivity contribution in [2.75, 3.05) is 12.3 Å². The molecule has 0 aliphatic heterocycles. The second-order valence-corrected chi connectivity index (χ2v) is 24.7. The SMILES string of the molecule is [CH3][Sn]([CH3])([CH3])[c]1ccc(C[C@H](NCCCS(=O)(=O)c2cccc(F)c2)C(=O)O)cc1. The number of halogens is 1. The van der Waals surface area contributed by atoms with Crippen molar-refractivity contribution in [1.29, 1.82) is 0 Å². The Kier molecular flexibility index (Phi) is 8.25. The fraction of sp³-hybridized carbons (Fsp3) is 0.381. The van der Waals surface area contributed by atoms with Crippen molar-refractivity contribution in [2.45, 2.75) is 38.6 Å². The second-order valence-electron chi connectivity index (χ2n) is 8.13. The van der Waals surface area contributed by atoms with Gasteiger partial charge in [0, 0.05) is 0 Å². The summed E-state index contributed by atoms with van der Waals surface area (Å²) in [5, 5.41) is 12.4. The van der Waals surface area contributed by atoms with Gasteiger partial charge in [-0.05, 0) is 18.2 Å². The first-order valence-electron chi connectivity index (χ1n) is 9.53. The van der Waals surface area contributed by atoms with E-state index < -0.39 is 46.0 Å². The Bertz CT molecular complexity index is 940. The maximum atomic E-state index is 13.2. The first kappa shape index (κ1) is 23.8. The average molecular weight is 528 g/mol. The topological polar surface area (TPSA) is 83.5 Å². The standard InChI is InChI=1S/C18H19FNO4S.3CH3.Sn/c19-15-8-4-9-16(13-15)25(23,24)11-5-10-20-17(18(21)22)12-14-6-2-1-3-7-14;;;;/h2-4,6-9,13,17,20H,5,10-12H2,(H,21,22);3*1H3;/t17-;;;;/m0..../s1. The number of carboxylic acid groups (broad SMARTS) is 1. The fourth-order valence-corrected chi connectivity index (χ4v) is 7.61. The Morgan fingerprint density at radius 2 is 1.79 bits per heavy atom. The summed E-state index contributed by atoms with van der Waals surface area (Å²) in [4.78, 5) is 18.5. The van der Waals surface area contributed by atoms with Gasteiger partial charge in [0.25, 0.3) is 0 Å². The van der Waals surface area contributed by atoms with Crippen LogP contribution in [0, 0.1) is 5.82 Å². The van der Waals surface area contributed by atoms with Gasteiger partial charge in [-0.15, -0.1) is 0 Å². The van der Waals surface area contributed by atoms with Crippen LogP contribution in [0.4, 0.5) is 4.39 Å². The molecular formula is C21H28FNO4SSn. The van der Waals surface area contributed by atoms with E-state index in [1.807, 2.05) is 12.1 Å². The minimum absolute atomic E-state index is 0.0587. The van der Waals surface area contributed by atoms with Crippen LogP contribution in [0.3, 0.4) is 0 Å². The molecular weight excluding hydrogens is 500 g/mol. The van der Waals surface area contributed by atoms with E-state index in [1.165, 1.54) is 21.8 Å². The molecule has 2 rings (SSSR count). The van der Waals surface area contributed by atoms with Gasteiger partial charge >= 0.3 is 142 Å². The Labute approximate surface area is 176 Å². The van der Waals surface area contributed by atoms with E-state index in [-0.39, 0.29) is 23.6 Å². The first-order chi connectivity index (χ1) is 13.5. The molecule has 5 nitrogen and oxygen atoms in total. The molecule has 0 spiro atoms. The number of aliphatic carboxylic acids is 1. The summed E-state index contributed by atoms with van der Waals surface area (Å²) in [5.74, 6) is -1.75.